The molecule has 6 nitrogen and oxygen atoms in total. The van der Waals surface area contributed by atoms with Gasteiger partial charge in [-0.1, -0.05) is 6.92 Å². The normalized spacial score (nSPS) is 11.2. The Morgan fingerprint density at radius 2 is 1.41 bits per heavy atom. The number of carboxylic acid groups (broad SMARTS) is 3. The van der Waals surface area contributed by atoms with Crippen LogP contribution in [0.2, 0.25) is 0 Å². The average Bonchev–Trinajstić information content (AvgIpc) is 2.12. The minimum absolute atomic E-state index is 0.0903. The van der Waals surface area contributed by atoms with Gasteiger partial charge in [-0.05, 0) is 27.2 Å². The predicted octanol–water partition coefficient (Wildman–Crippen LogP) is 1.61. The Balaban J connectivity index is 0. The van der Waals surface area contributed by atoms with Crippen LogP contribution >= 0.6 is 0 Å². The maximum absolute atomic E-state index is 10.1. The van der Waals surface area contributed by atoms with E-state index >= 15 is 0 Å². The number of rotatable bonds is 3. The topological polar surface area (TPSA) is 112 Å². The molecule has 0 radical (unpaired) electrons. The molecule has 0 rings (SSSR count). The van der Waals surface area contributed by atoms with E-state index in [1.165, 1.54) is 0 Å². The summed E-state index contributed by atoms with van der Waals surface area (Å²) < 4.78 is 0. The number of hydrogen-bond donors (Lipinski definition) is 3. The molecule has 98 valence electrons. The van der Waals surface area contributed by atoms with Crippen molar-refractivity contribution in [3.63, 3.8) is 0 Å². The smallest absolute Gasteiger partial charge is 0.331 e. The van der Waals surface area contributed by atoms with Gasteiger partial charge < -0.3 is 15.3 Å². The van der Waals surface area contributed by atoms with Gasteiger partial charge in [0, 0.05) is 11.6 Å². The van der Waals surface area contributed by atoms with E-state index in [2.05, 4.69) is 0 Å². The van der Waals surface area contributed by atoms with E-state index in [9.17, 15) is 14.4 Å². The van der Waals surface area contributed by atoms with Crippen LogP contribution in [0.15, 0.2) is 11.6 Å². The van der Waals surface area contributed by atoms with Crippen molar-refractivity contribution in [3.8, 4) is 0 Å². The lowest BCUT2D eigenvalue weighted by Gasteiger charge is -2.08. The molecule has 17 heavy (non-hydrogen) atoms. The second kappa shape index (κ2) is 7.43. The minimum atomic E-state index is -1.22. The van der Waals surface area contributed by atoms with E-state index in [0.29, 0.717) is 6.08 Å². The number of hydrogen-bond acceptors (Lipinski definition) is 3. The van der Waals surface area contributed by atoms with Crippen molar-refractivity contribution in [1.82, 2.24) is 0 Å². The first-order chi connectivity index (χ1) is 7.52. The van der Waals surface area contributed by atoms with Gasteiger partial charge in [0.15, 0.2) is 0 Å². The van der Waals surface area contributed by atoms with E-state index in [-0.39, 0.29) is 12.0 Å². The Kier molecular flexibility index (Phi) is 7.66. The second-order valence-electron chi connectivity index (χ2n) is 4.22. The van der Waals surface area contributed by atoms with Crippen molar-refractivity contribution >= 4 is 17.9 Å². The molecule has 0 bridgehead atoms. The number of aliphatic carboxylic acids is 3. The van der Waals surface area contributed by atoms with Crippen LogP contribution in [0.4, 0.5) is 0 Å². The van der Waals surface area contributed by atoms with Gasteiger partial charge in [-0.3, -0.25) is 4.79 Å². The quantitative estimate of drug-likeness (QED) is 0.652. The molecule has 0 saturated heterocycles. The SMILES string of the molecule is CC(C)(C)C(=O)O.CC/C(=C\C(=O)O)C(=O)O. The lowest BCUT2D eigenvalue weighted by Crippen LogP contribution is -2.18. The van der Waals surface area contributed by atoms with Gasteiger partial charge in [0.25, 0.3) is 0 Å². The zero-order chi connectivity index (χ0) is 14.2. The van der Waals surface area contributed by atoms with Gasteiger partial charge in [-0.25, -0.2) is 9.59 Å². The third kappa shape index (κ3) is 10.4. The molecule has 0 unspecified atom stereocenters. The first kappa shape index (κ1) is 17.5. The molecule has 0 aliphatic carbocycles. The van der Waals surface area contributed by atoms with Crippen LogP contribution in [0, 0.1) is 5.41 Å². The van der Waals surface area contributed by atoms with Crippen LogP contribution in [0.1, 0.15) is 34.1 Å². The molecular weight excluding hydrogens is 228 g/mol. The fourth-order valence-corrected chi connectivity index (χ4v) is 0.464. The molecule has 0 spiro atoms. The Labute approximate surface area is 99.6 Å². The summed E-state index contributed by atoms with van der Waals surface area (Å²) >= 11 is 0. The summed E-state index contributed by atoms with van der Waals surface area (Å²) in [5.74, 6) is -3.16. The third-order valence-electron chi connectivity index (χ3n) is 1.59. The monoisotopic (exact) mass is 246 g/mol. The van der Waals surface area contributed by atoms with Crippen molar-refractivity contribution in [3.05, 3.63) is 11.6 Å². The summed E-state index contributed by atoms with van der Waals surface area (Å²) in [6.45, 7) is 6.57. The maximum Gasteiger partial charge on any atom is 0.331 e. The van der Waals surface area contributed by atoms with E-state index < -0.39 is 23.3 Å². The largest absolute Gasteiger partial charge is 0.481 e. The van der Waals surface area contributed by atoms with Crippen molar-refractivity contribution in [2.45, 2.75) is 34.1 Å². The minimum Gasteiger partial charge on any atom is -0.481 e. The maximum atomic E-state index is 10.1. The molecule has 3 N–H and O–H groups in total. The summed E-state index contributed by atoms with van der Waals surface area (Å²) in [6.07, 6.45) is 0.921. The van der Waals surface area contributed by atoms with E-state index in [1.807, 2.05) is 0 Å². The highest BCUT2D eigenvalue weighted by molar-refractivity contribution is 5.94. The second-order valence-corrected chi connectivity index (χ2v) is 4.22. The number of carboxylic acids is 3. The van der Waals surface area contributed by atoms with E-state index in [0.717, 1.165) is 0 Å². The Morgan fingerprint density at radius 1 is 1.06 bits per heavy atom. The van der Waals surface area contributed by atoms with Crippen LogP contribution in [-0.2, 0) is 14.4 Å². The highest BCUT2D eigenvalue weighted by Gasteiger charge is 2.18. The lowest BCUT2D eigenvalue weighted by molar-refractivity contribution is -0.145. The van der Waals surface area contributed by atoms with Gasteiger partial charge in [-0.15, -0.1) is 0 Å². The van der Waals surface area contributed by atoms with Crippen molar-refractivity contribution in [2.24, 2.45) is 5.41 Å². The van der Waals surface area contributed by atoms with Gasteiger partial charge in [0.2, 0.25) is 0 Å². The van der Waals surface area contributed by atoms with Crippen molar-refractivity contribution in [1.29, 1.82) is 0 Å². The average molecular weight is 246 g/mol. The first-order valence-electron chi connectivity index (χ1n) is 4.92. The molecule has 0 saturated carbocycles. The summed E-state index contributed by atoms with van der Waals surface area (Å²) in [4.78, 5) is 30.1. The Hall–Kier alpha value is -1.85. The molecule has 6 heteroatoms. The van der Waals surface area contributed by atoms with E-state index in [1.54, 1.807) is 27.7 Å². The number of carbonyl (C=O) groups is 3. The molecule has 0 aromatic rings. The lowest BCUT2D eigenvalue weighted by atomic mass is 9.98. The van der Waals surface area contributed by atoms with E-state index in [4.69, 9.17) is 15.3 Å². The summed E-state index contributed by atoms with van der Waals surface area (Å²) in [5, 5.41) is 24.7. The summed E-state index contributed by atoms with van der Waals surface area (Å²) in [5.41, 5.74) is -0.674. The zero-order valence-electron chi connectivity index (χ0n) is 10.4. The van der Waals surface area contributed by atoms with Gasteiger partial charge in [0.05, 0.1) is 5.41 Å². The van der Waals surface area contributed by atoms with Crippen LogP contribution in [0.3, 0.4) is 0 Å². The van der Waals surface area contributed by atoms with Crippen LogP contribution in [0.5, 0.6) is 0 Å². The third-order valence-corrected chi connectivity index (χ3v) is 1.59. The van der Waals surface area contributed by atoms with Crippen molar-refractivity contribution < 1.29 is 29.7 Å². The van der Waals surface area contributed by atoms with Gasteiger partial charge in [0.1, 0.15) is 0 Å². The van der Waals surface area contributed by atoms with Crippen molar-refractivity contribution in [2.75, 3.05) is 0 Å². The first-order valence-corrected chi connectivity index (χ1v) is 4.92. The Bertz CT molecular complexity index is 321. The van der Waals surface area contributed by atoms with Gasteiger partial charge >= 0.3 is 17.9 Å². The zero-order valence-corrected chi connectivity index (χ0v) is 10.4. The fourth-order valence-electron chi connectivity index (χ4n) is 0.464. The molecule has 0 amide bonds. The fraction of sp³-hybridized carbons (Fsp3) is 0.545. The summed E-state index contributed by atoms with van der Waals surface area (Å²) in [6, 6.07) is 0. The molecule has 0 heterocycles. The molecule has 0 aliphatic heterocycles. The highest BCUT2D eigenvalue weighted by atomic mass is 16.4. The molecular formula is C11H18O6. The highest BCUT2D eigenvalue weighted by Crippen LogP contribution is 2.11. The predicted molar refractivity (Wildman–Crippen MR) is 60.7 cm³/mol. The Morgan fingerprint density at radius 3 is 1.47 bits per heavy atom. The summed E-state index contributed by atoms with van der Waals surface area (Å²) in [7, 11) is 0. The molecule has 0 aromatic carbocycles. The molecule has 0 fully saturated rings. The standard InChI is InChI=1S/C6H8O4.C5H10O2/c1-2-4(6(9)10)3-5(7)8;1-5(2,3)4(6)7/h3H,2H2,1H3,(H,7,8)(H,9,10);1-3H3,(H,6,7)/b4-3+;. The molecule has 0 aliphatic rings. The van der Waals surface area contributed by atoms with Crippen LogP contribution in [-0.4, -0.2) is 33.2 Å². The molecule has 0 atom stereocenters. The van der Waals surface area contributed by atoms with Gasteiger partial charge in [-0.2, -0.15) is 0 Å². The van der Waals surface area contributed by atoms with Crippen LogP contribution < -0.4 is 0 Å². The molecule has 0 aromatic heterocycles. The van der Waals surface area contributed by atoms with Crippen LogP contribution in [0.25, 0.3) is 0 Å².